The fraction of sp³-hybridized carbons (Fsp3) is 0.421. The molecule has 0 bridgehead atoms. The number of carboxylic acid groups (broad SMARTS) is 1. The van der Waals surface area contributed by atoms with E-state index in [1.165, 1.54) is 0 Å². The van der Waals surface area contributed by atoms with E-state index < -0.39 is 11.6 Å². The number of carbonyl (C=O) groups excluding carboxylic acids is 1. The summed E-state index contributed by atoms with van der Waals surface area (Å²) in [6.45, 7) is 4.65. The van der Waals surface area contributed by atoms with Crippen LogP contribution < -0.4 is 4.74 Å². The minimum atomic E-state index is -1.31. The van der Waals surface area contributed by atoms with E-state index in [2.05, 4.69) is 10.2 Å². The molecule has 1 fully saturated rings. The van der Waals surface area contributed by atoms with E-state index in [0.717, 1.165) is 5.69 Å². The van der Waals surface area contributed by atoms with Crippen LogP contribution in [0.3, 0.4) is 0 Å². The zero-order valence-electron chi connectivity index (χ0n) is 14.9. The fourth-order valence-electron chi connectivity index (χ4n) is 3.05. The topological polar surface area (TPSA) is 95.5 Å². The van der Waals surface area contributed by atoms with Crippen LogP contribution in [0, 0.1) is 0 Å². The molecule has 1 saturated heterocycles. The smallest absolute Gasteiger partial charge is 0.348 e. The van der Waals surface area contributed by atoms with Gasteiger partial charge in [0.1, 0.15) is 11.4 Å². The average Bonchev–Trinajstić information content (AvgIpc) is 3.13. The van der Waals surface area contributed by atoms with Gasteiger partial charge in [-0.05, 0) is 24.1 Å². The number of piperidine rings is 1. The molecule has 1 aromatic heterocycles. The van der Waals surface area contributed by atoms with Crippen molar-refractivity contribution in [3.63, 3.8) is 0 Å². The van der Waals surface area contributed by atoms with Gasteiger partial charge in [-0.15, -0.1) is 0 Å². The summed E-state index contributed by atoms with van der Waals surface area (Å²) in [5.74, 6) is -0.421. The molecular formula is C19H23N3O4. The maximum atomic E-state index is 12.6. The van der Waals surface area contributed by atoms with E-state index in [-0.39, 0.29) is 24.7 Å². The number of carboxylic acids is 1. The van der Waals surface area contributed by atoms with E-state index in [0.29, 0.717) is 24.5 Å². The Hall–Kier alpha value is -2.83. The summed E-state index contributed by atoms with van der Waals surface area (Å²) in [5.41, 5.74) is -0.0505. The number of nitrogens with zero attached hydrogens (tertiary/aromatic N) is 2. The summed E-state index contributed by atoms with van der Waals surface area (Å²) >= 11 is 0. The molecule has 7 nitrogen and oxygen atoms in total. The number of para-hydroxylation sites is 1. The Morgan fingerprint density at radius 2 is 1.88 bits per heavy atom. The van der Waals surface area contributed by atoms with E-state index >= 15 is 0 Å². The lowest BCUT2D eigenvalue weighted by molar-refractivity contribution is -0.159. The number of aromatic nitrogens is 2. The van der Waals surface area contributed by atoms with Crippen molar-refractivity contribution in [2.45, 2.75) is 38.2 Å². The van der Waals surface area contributed by atoms with Gasteiger partial charge in [-0.3, -0.25) is 9.89 Å². The van der Waals surface area contributed by atoms with Gasteiger partial charge in [0.25, 0.3) is 5.91 Å². The minimum absolute atomic E-state index is 0.188. The number of likely N-dealkylation sites (tertiary alicyclic amines) is 1. The number of hydrogen-bond donors (Lipinski definition) is 2. The molecule has 138 valence electrons. The van der Waals surface area contributed by atoms with Crippen molar-refractivity contribution in [2.75, 3.05) is 13.1 Å². The van der Waals surface area contributed by atoms with E-state index in [1.807, 2.05) is 19.9 Å². The SMILES string of the molecule is CC(C)c1cc(C(=O)N2CCC(Oc3ccccc3)(C(=O)O)CC2)n[nH]1. The molecule has 0 atom stereocenters. The molecule has 26 heavy (non-hydrogen) atoms. The van der Waals surface area contributed by atoms with Gasteiger partial charge in [-0.1, -0.05) is 32.0 Å². The number of rotatable bonds is 5. The number of nitrogens with one attached hydrogen (secondary N) is 1. The molecule has 2 N–H and O–H groups in total. The van der Waals surface area contributed by atoms with Gasteiger partial charge in [0.15, 0.2) is 0 Å². The molecule has 0 spiro atoms. The van der Waals surface area contributed by atoms with Crippen molar-refractivity contribution in [1.29, 1.82) is 0 Å². The van der Waals surface area contributed by atoms with Crippen molar-refractivity contribution in [2.24, 2.45) is 0 Å². The van der Waals surface area contributed by atoms with E-state index in [4.69, 9.17) is 4.74 Å². The molecule has 1 aliphatic heterocycles. The third-order valence-corrected chi connectivity index (χ3v) is 4.74. The summed E-state index contributed by atoms with van der Waals surface area (Å²) in [5, 5.41) is 16.7. The van der Waals surface area contributed by atoms with Crippen LogP contribution in [-0.4, -0.2) is 50.8 Å². The maximum Gasteiger partial charge on any atom is 0.348 e. The molecule has 0 radical (unpaired) electrons. The van der Waals surface area contributed by atoms with Gasteiger partial charge in [-0.2, -0.15) is 5.10 Å². The highest BCUT2D eigenvalue weighted by Crippen LogP contribution is 2.30. The number of aromatic amines is 1. The Bertz CT molecular complexity index is 777. The van der Waals surface area contributed by atoms with Gasteiger partial charge < -0.3 is 14.7 Å². The summed E-state index contributed by atoms with van der Waals surface area (Å²) in [4.78, 5) is 26.1. The van der Waals surface area contributed by atoms with Crippen LogP contribution in [0.1, 0.15) is 48.8 Å². The van der Waals surface area contributed by atoms with Crippen molar-refractivity contribution in [3.05, 3.63) is 47.8 Å². The van der Waals surface area contributed by atoms with Crippen LogP contribution in [-0.2, 0) is 4.79 Å². The number of amides is 1. The first-order chi connectivity index (χ1) is 12.4. The first-order valence-corrected chi connectivity index (χ1v) is 8.73. The van der Waals surface area contributed by atoms with E-state index in [9.17, 15) is 14.7 Å². The van der Waals surface area contributed by atoms with Crippen molar-refractivity contribution in [1.82, 2.24) is 15.1 Å². The quantitative estimate of drug-likeness (QED) is 0.858. The van der Waals surface area contributed by atoms with Gasteiger partial charge in [0.2, 0.25) is 5.60 Å². The van der Waals surface area contributed by atoms with Crippen LogP contribution in [0.5, 0.6) is 5.75 Å². The summed E-state index contributed by atoms with van der Waals surface area (Å²) in [6, 6.07) is 10.7. The van der Waals surface area contributed by atoms with Crippen LogP contribution in [0.25, 0.3) is 0 Å². The Morgan fingerprint density at radius 1 is 1.23 bits per heavy atom. The van der Waals surface area contributed by atoms with Gasteiger partial charge in [0, 0.05) is 31.6 Å². The lowest BCUT2D eigenvalue weighted by atomic mass is 9.90. The highest BCUT2D eigenvalue weighted by atomic mass is 16.5. The Labute approximate surface area is 152 Å². The first kappa shape index (κ1) is 18.0. The number of carbonyl (C=O) groups is 2. The molecule has 7 heteroatoms. The molecule has 0 unspecified atom stereocenters. The maximum absolute atomic E-state index is 12.6. The standard InChI is InChI=1S/C19H23N3O4/c1-13(2)15-12-16(21-20-15)17(23)22-10-8-19(9-11-22,18(24)25)26-14-6-4-3-5-7-14/h3-7,12-13H,8-11H2,1-2H3,(H,20,21)(H,24,25). The molecule has 2 aromatic rings. The van der Waals surface area contributed by atoms with Crippen LogP contribution in [0.15, 0.2) is 36.4 Å². The monoisotopic (exact) mass is 357 g/mol. The number of H-pyrrole nitrogens is 1. The van der Waals surface area contributed by atoms with Crippen molar-refractivity contribution < 1.29 is 19.4 Å². The van der Waals surface area contributed by atoms with Crippen LogP contribution in [0.2, 0.25) is 0 Å². The molecular weight excluding hydrogens is 334 g/mol. The third-order valence-electron chi connectivity index (χ3n) is 4.74. The molecule has 0 saturated carbocycles. The number of hydrogen-bond acceptors (Lipinski definition) is 4. The Kier molecular flexibility index (Phi) is 4.97. The predicted molar refractivity (Wildman–Crippen MR) is 95.3 cm³/mol. The largest absolute Gasteiger partial charge is 0.478 e. The second kappa shape index (κ2) is 7.19. The average molecular weight is 357 g/mol. The second-order valence-electron chi connectivity index (χ2n) is 6.87. The molecule has 3 rings (SSSR count). The highest BCUT2D eigenvalue weighted by Gasteiger charge is 2.45. The van der Waals surface area contributed by atoms with Crippen LogP contribution >= 0.6 is 0 Å². The Balaban J connectivity index is 1.69. The third kappa shape index (κ3) is 3.56. The highest BCUT2D eigenvalue weighted by molar-refractivity contribution is 5.92. The number of aliphatic carboxylic acids is 1. The zero-order chi connectivity index (χ0) is 18.7. The lowest BCUT2D eigenvalue weighted by Gasteiger charge is -2.38. The molecule has 0 aliphatic carbocycles. The summed E-state index contributed by atoms with van der Waals surface area (Å²) < 4.78 is 5.81. The lowest BCUT2D eigenvalue weighted by Crippen LogP contribution is -2.54. The number of benzene rings is 1. The zero-order valence-corrected chi connectivity index (χ0v) is 14.9. The Morgan fingerprint density at radius 3 is 2.42 bits per heavy atom. The van der Waals surface area contributed by atoms with E-state index in [1.54, 1.807) is 35.2 Å². The molecule has 2 heterocycles. The van der Waals surface area contributed by atoms with Crippen molar-refractivity contribution in [3.8, 4) is 5.75 Å². The second-order valence-corrected chi connectivity index (χ2v) is 6.87. The minimum Gasteiger partial charge on any atom is -0.478 e. The summed E-state index contributed by atoms with van der Waals surface area (Å²) in [7, 11) is 0. The normalized spacial score (nSPS) is 16.5. The van der Waals surface area contributed by atoms with Gasteiger partial charge in [-0.25, -0.2) is 4.79 Å². The number of ether oxygens (including phenoxy) is 1. The summed E-state index contributed by atoms with van der Waals surface area (Å²) in [6.07, 6.45) is 0.453. The fourth-order valence-corrected chi connectivity index (χ4v) is 3.05. The van der Waals surface area contributed by atoms with Gasteiger partial charge >= 0.3 is 5.97 Å². The molecule has 1 amide bonds. The first-order valence-electron chi connectivity index (χ1n) is 8.73. The van der Waals surface area contributed by atoms with Crippen molar-refractivity contribution >= 4 is 11.9 Å². The predicted octanol–water partition coefficient (Wildman–Crippen LogP) is 2.67. The molecule has 1 aliphatic rings. The molecule has 1 aromatic carbocycles. The van der Waals surface area contributed by atoms with Crippen LogP contribution in [0.4, 0.5) is 0 Å². The van der Waals surface area contributed by atoms with Gasteiger partial charge in [0.05, 0.1) is 0 Å².